The van der Waals surface area contributed by atoms with Crippen LogP contribution in [0.3, 0.4) is 0 Å². The van der Waals surface area contributed by atoms with E-state index in [0.717, 1.165) is 32.1 Å². The topological polar surface area (TPSA) is 49.4 Å². The lowest BCUT2D eigenvalue weighted by atomic mass is 9.75. The monoisotopic (exact) mass is 282 g/mol. The summed E-state index contributed by atoms with van der Waals surface area (Å²) in [5, 5.41) is 3.03. The van der Waals surface area contributed by atoms with Crippen LogP contribution in [0.15, 0.2) is 0 Å². The highest BCUT2D eigenvalue weighted by Gasteiger charge is 2.61. The number of carbonyl (C=O) groups is 2. The van der Waals surface area contributed by atoms with Gasteiger partial charge in [-0.3, -0.25) is 9.59 Å². The molecular weight excluding hydrogens is 259 g/mol. The van der Waals surface area contributed by atoms with Gasteiger partial charge < -0.3 is 10.2 Å². The Labute approximate surface area is 119 Å². The minimum absolute atomic E-state index is 0.0427. The van der Waals surface area contributed by atoms with E-state index in [-0.39, 0.29) is 24.3 Å². The van der Waals surface area contributed by atoms with Gasteiger partial charge in [-0.05, 0) is 38.5 Å². The second kappa shape index (κ2) is 4.71. The molecule has 0 radical (unpaired) electrons. The van der Waals surface area contributed by atoms with E-state index in [9.17, 15) is 14.0 Å². The van der Waals surface area contributed by atoms with Gasteiger partial charge in [-0.2, -0.15) is 0 Å². The quantitative estimate of drug-likeness (QED) is 0.858. The van der Waals surface area contributed by atoms with E-state index in [1.807, 2.05) is 6.92 Å². The second-order valence-corrected chi connectivity index (χ2v) is 6.66. The molecule has 4 nitrogen and oxygen atoms in total. The van der Waals surface area contributed by atoms with Gasteiger partial charge in [-0.1, -0.05) is 19.3 Å². The number of nitrogens with one attached hydrogen (secondary N) is 1. The molecule has 1 spiro atoms. The van der Waals surface area contributed by atoms with Crippen molar-refractivity contribution in [3.05, 3.63) is 0 Å². The van der Waals surface area contributed by atoms with E-state index in [1.165, 1.54) is 0 Å². The first-order valence-electron chi connectivity index (χ1n) is 7.75. The van der Waals surface area contributed by atoms with Crippen molar-refractivity contribution in [3.63, 3.8) is 0 Å². The fourth-order valence-corrected chi connectivity index (χ4v) is 3.95. The van der Waals surface area contributed by atoms with Crippen molar-refractivity contribution >= 4 is 11.8 Å². The number of hydrogen-bond acceptors (Lipinski definition) is 2. The molecule has 0 bridgehead atoms. The smallest absolute Gasteiger partial charge is 0.249 e. The average molecular weight is 282 g/mol. The Balaban J connectivity index is 1.94. The standard InChI is InChI=1S/C15H23FN2O2/c1-14(11-5-6-11)12(19)17-15(7-3-2-4-8-15)13(20)18(14)10-9-16/h11H,2-10H2,1H3,(H,17,19). The van der Waals surface area contributed by atoms with Gasteiger partial charge >= 0.3 is 0 Å². The number of amides is 2. The van der Waals surface area contributed by atoms with E-state index in [1.54, 1.807) is 4.90 Å². The Hall–Kier alpha value is -1.13. The van der Waals surface area contributed by atoms with Crippen LogP contribution in [-0.4, -0.2) is 41.0 Å². The van der Waals surface area contributed by atoms with Gasteiger partial charge in [0.05, 0.1) is 6.54 Å². The summed E-state index contributed by atoms with van der Waals surface area (Å²) in [5.74, 6) is 0.0674. The zero-order chi connectivity index (χ0) is 14.4. The zero-order valence-corrected chi connectivity index (χ0v) is 12.1. The van der Waals surface area contributed by atoms with Crippen molar-refractivity contribution in [1.82, 2.24) is 10.2 Å². The summed E-state index contributed by atoms with van der Waals surface area (Å²) in [6, 6.07) is 0. The molecule has 1 N–H and O–H groups in total. The third kappa shape index (κ3) is 1.85. The Kier molecular flexibility index (Phi) is 3.26. The number of rotatable bonds is 3. The molecule has 3 rings (SSSR count). The van der Waals surface area contributed by atoms with Gasteiger partial charge in [0.15, 0.2) is 0 Å². The highest BCUT2D eigenvalue weighted by molar-refractivity contribution is 6.02. The minimum atomic E-state index is -0.841. The summed E-state index contributed by atoms with van der Waals surface area (Å²) in [4.78, 5) is 27.2. The van der Waals surface area contributed by atoms with Crippen LogP contribution in [0.25, 0.3) is 0 Å². The number of hydrogen-bond donors (Lipinski definition) is 1. The molecule has 1 heterocycles. The fraction of sp³-hybridized carbons (Fsp3) is 0.867. The molecule has 0 aromatic carbocycles. The highest BCUT2D eigenvalue weighted by Crippen LogP contribution is 2.47. The SMILES string of the molecule is CC1(C2CC2)C(=O)NC2(CCCCC2)C(=O)N1CCF. The van der Waals surface area contributed by atoms with Crippen LogP contribution in [0.4, 0.5) is 4.39 Å². The average Bonchev–Trinajstić information content (AvgIpc) is 3.27. The molecule has 2 amide bonds. The molecule has 2 saturated carbocycles. The van der Waals surface area contributed by atoms with Gasteiger partial charge in [0, 0.05) is 0 Å². The third-order valence-electron chi connectivity index (χ3n) is 5.42. The van der Waals surface area contributed by atoms with Crippen molar-refractivity contribution < 1.29 is 14.0 Å². The Morgan fingerprint density at radius 3 is 2.45 bits per heavy atom. The first-order valence-corrected chi connectivity index (χ1v) is 7.75. The fourth-order valence-electron chi connectivity index (χ4n) is 3.95. The maximum absolute atomic E-state index is 12.9. The maximum Gasteiger partial charge on any atom is 0.249 e. The maximum atomic E-state index is 12.9. The van der Waals surface area contributed by atoms with Crippen molar-refractivity contribution in [2.45, 2.75) is 62.9 Å². The van der Waals surface area contributed by atoms with Crippen LogP contribution in [0, 0.1) is 5.92 Å². The van der Waals surface area contributed by atoms with Crippen LogP contribution in [0.5, 0.6) is 0 Å². The first-order chi connectivity index (χ1) is 9.54. The predicted octanol–water partition coefficient (Wildman–Crippen LogP) is 1.79. The molecule has 2 aliphatic carbocycles. The van der Waals surface area contributed by atoms with Gasteiger partial charge in [0.25, 0.3) is 0 Å². The number of nitrogens with zero attached hydrogens (tertiary/aromatic N) is 1. The molecule has 1 saturated heterocycles. The molecule has 20 heavy (non-hydrogen) atoms. The van der Waals surface area contributed by atoms with Crippen LogP contribution in [-0.2, 0) is 9.59 Å². The van der Waals surface area contributed by atoms with Gasteiger partial charge in [0.2, 0.25) is 11.8 Å². The predicted molar refractivity (Wildman–Crippen MR) is 72.8 cm³/mol. The van der Waals surface area contributed by atoms with Crippen molar-refractivity contribution in [2.75, 3.05) is 13.2 Å². The number of piperazine rings is 1. The van der Waals surface area contributed by atoms with E-state index < -0.39 is 17.8 Å². The molecule has 3 aliphatic rings. The molecule has 0 aromatic rings. The molecule has 1 atom stereocenters. The van der Waals surface area contributed by atoms with Crippen molar-refractivity contribution in [3.8, 4) is 0 Å². The highest BCUT2D eigenvalue weighted by atomic mass is 19.1. The molecular formula is C15H23FN2O2. The van der Waals surface area contributed by atoms with E-state index in [4.69, 9.17) is 0 Å². The van der Waals surface area contributed by atoms with E-state index >= 15 is 0 Å². The number of alkyl halides is 1. The van der Waals surface area contributed by atoms with Crippen LogP contribution < -0.4 is 5.32 Å². The lowest BCUT2D eigenvalue weighted by molar-refractivity contribution is -0.165. The van der Waals surface area contributed by atoms with E-state index in [0.29, 0.717) is 12.8 Å². The van der Waals surface area contributed by atoms with Crippen molar-refractivity contribution in [1.29, 1.82) is 0 Å². The van der Waals surface area contributed by atoms with Crippen LogP contribution in [0.2, 0.25) is 0 Å². The van der Waals surface area contributed by atoms with Gasteiger partial charge in [0.1, 0.15) is 17.8 Å². The lowest BCUT2D eigenvalue weighted by Gasteiger charge is -2.52. The Morgan fingerprint density at radius 2 is 1.90 bits per heavy atom. The molecule has 1 aliphatic heterocycles. The molecule has 112 valence electrons. The molecule has 1 unspecified atom stereocenters. The van der Waals surface area contributed by atoms with E-state index in [2.05, 4.69) is 5.32 Å². The Bertz CT molecular complexity index is 430. The molecule has 3 fully saturated rings. The summed E-state index contributed by atoms with van der Waals surface area (Å²) in [6.45, 7) is 1.27. The number of halogens is 1. The Morgan fingerprint density at radius 1 is 1.25 bits per heavy atom. The lowest BCUT2D eigenvalue weighted by Crippen LogP contribution is -2.76. The summed E-state index contributed by atoms with van der Waals surface area (Å²) in [5.41, 5.74) is -1.59. The van der Waals surface area contributed by atoms with Crippen molar-refractivity contribution in [2.24, 2.45) is 5.92 Å². The summed E-state index contributed by atoms with van der Waals surface area (Å²) >= 11 is 0. The first kappa shape index (κ1) is 13.8. The normalized spacial score (nSPS) is 33.4. The van der Waals surface area contributed by atoms with Gasteiger partial charge in [-0.25, -0.2) is 4.39 Å². The van der Waals surface area contributed by atoms with Crippen LogP contribution >= 0.6 is 0 Å². The number of carbonyl (C=O) groups excluding carboxylic acids is 2. The molecule has 0 aromatic heterocycles. The third-order valence-corrected chi connectivity index (χ3v) is 5.42. The largest absolute Gasteiger partial charge is 0.340 e. The van der Waals surface area contributed by atoms with Gasteiger partial charge in [-0.15, -0.1) is 0 Å². The summed E-state index contributed by atoms with van der Waals surface area (Å²) in [6.07, 6.45) is 6.31. The second-order valence-electron chi connectivity index (χ2n) is 6.66. The summed E-state index contributed by atoms with van der Waals surface area (Å²) in [7, 11) is 0. The molecule has 5 heteroatoms. The zero-order valence-electron chi connectivity index (χ0n) is 12.1. The van der Waals surface area contributed by atoms with Crippen LogP contribution in [0.1, 0.15) is 51.9 Å². The minimum Gasteiger partial charge on any atom is -0.340 e. The summed E-state index contributed by atoms with van der Waals surface area (Å²) < 4.78 is 12.9.